The lowest BCUT2D eigenvalue weighted by molar-refractivity contribution is -0.141. The van der Waals surface area contributed by atoms with Gasteiger partial charge in [-0.15, -0.1) is 5.10 Å². The highest BCUT2D eigenvalue weighted by Crippen LogP contribution is 2.29. The predicted octanol–water partition coefficient (Wildman–Crippen LogP) is 4.10. The molecule has 3 rings (SSSR count). The van der Waals surface area contributed by atoms with Gasteiger partial charge in [-0.05, 0) is 24.3 Å². The Morgan fingerprint density at radius 1 is 1.22 bits per heavy atom. The van der Waals surface area contributed by atoms with Crippen LogP contribution in [0.3, 0.4) is 0 Å². The van der Waals surface area contributed by atoms with E-state index in [-0.39, 0.29) is 40.1 Å². The van der Waals surface area contributed by atoms with E-state index in [0.717, 1.165) is 29.1 Å². The molecule has 0 spiro atoms. The van der Waals surface area contributed by atoms with Crippen LogP contribution >= 0.6 is 11.6 Å². The molecule has 2 aromatic heterocycles. The fourth-order valence-electron chi connectivity index (χ4n) is 2.65. The molecule has 0 atom stereocenters. The van der Waals surface area contributed by atoms with Crippen molar-refractivity contribution >= 4 is 17.5 Å². The molecule has 0 fully saturated rings. The molecule has 32 heavy (non-hydrogen) atoms. The Labute approximate surface area is 184 Å². The fourth-order valence-corrected chi connectivity index (χ4v) is 2.89. The molecule has 7 nitrogen and oxygen atoms in total. The second-order valence-corrected chi connectivity index (χ2v) is 8.35. The highest BCUT2D eigenvalue weighted by atomic mass is 35.5. The highest BCUT2D eigenvalue weighted by molar-refractivity contribution is 6.33. The fraction of sp³-hybridized carbons (Fsp3) is 0.300. The number of aromatic nitrogens is 4. The van der Waals surface area contributed by atoms with E-state index in [0.29, 0.717) is 0 Å². The number of rotatable bonds is 4. The Kier molecular flexibility index (Phi) is 6.14. The number of aromatic amines is 1. The standard InChI is InChI=1S/C20H18ClF4N5O2/c1-19(2,3)17(31)27-8-10-6-12(13(21)7-14(10)22)16-28-18(32)30(29-16)11-4-5-15(26-9-11)20(23,24)25/h4-7,9H,8H2,1-3H3,(H,27,31)(H,28,29,32). The van der Waals surface area contributed by atoms with E-state index in [1.165, 1.54) is 6.07 Å². The summed E-state index contributed by atoms with van der Waals surface area (Å²) in [6.45, 7) is 5.00. The van der Waals surface area contributed by atoms with Crippen molar-refractivity contribution in [3.05, 3.63) is 63.0 Å². The molecule has 1 aromatic carbocycles. The molecule has 170 valence electrons. The van der Waals surface area contributed by atoms with Crippen molar-refractivity contribution in [1.29, 1.82) is 0 Å². The number of benzene rings is 1. The summed E-state index contributed by atoms with van der Waals surface area (Å²) in [7, 11) is 0. The van der Waals surface area contributed by atoms with E-state index < -0.39 is 28.8 Å². The van der Waals surface area contributed by atoms with Gasteiger partial charge in [0.25, 0.3) is 0 Å². The molecule has 2 heterocycles. The average Bonchev–Trinajstić information content (AvgIpc) is 3.07. The third kappa shape index (κ3) is 4.98. The maximum atomic E-state index is 14.3. The maximum absolute atomic E-state index is 14.3. The largest absolute Gasteiger partial charge is 0.433 e. The Bertz CT molecular complexity index is 1210. The Morgan fingerprint density at radius 3 is 2.47 bits per heavy atom. The number of halogens is 5. The molecule has 0 saturated carbocycles. The predicted molar refractivity (Wildman–Crippen MR) is 109 cm³/mol. The highest BCUT2D eigenvalue weighted by Gasteiger charge is 2.32. The molecule has 0 aliphatic heterocycles. The summed E-state index contributed by atoms with van der Waals surface area (Å²) in [5, 5.41) is 6.60. The van der Waals surface area contributed by atoms with Gasteiger partial charge >= 0.3 is 11.9 Å². The van der Waals surface area contributed by atoms with E-state index in [1.807, 2.05) is 0 Å². The number of carbonyl (C=O) groups excluding carboxylic acids is 1. The topological polar surface area (TPSA) is 92.7 Å². The van der Waals surface area contributed by atoms with Crippen molar-refractivity contribution in [2.45, 2.75) is 33.5 Å². The first-order valence-electron chi connectivity index (χ1n) is 9.27. The number of H-pyrrole nitrogens is 1. The average molecular weight is 472 g/mol. The monoisotopic (exact) mass is 471 g/mol. The van der Waals surface area contributed by atoms with Crippen LogP contribution in [-0.2, 0) is 17.5 Å². The molecule has 0 bridgehead atoms. The van der Waals surface area contributed by atoms with Crippen molar-refractivity contribution in [3.8, 4) is 17.1 Å². The zero-order valence-corrected chi connectivity index (χ0v) is 17.9. The molecule has 0 unspecified atom stereocenters. The van der Waals surface area contributed by atoms with Crippen LogP contribution in [-0.4, -0.2) is 25.7 Å². The van der Waals surface area contributed by atoms with Crippen LogP contribution in [0.25, 0.3) is 17.1 Å². The molecule has 2 N–H and O–H groups in total. The maximum Gasteiger partial charge on any atom is 0.433 e. The first-order valence-corrected chi connectivity index (χ1v) is 9.64. The van der Waals surface area contributed by atoms with Crippen LogP contribution in [0.5, 0.6) is 0 Å². The van der Waals surface area contributed by atoms with E-state index in [9.17, 15) is 27.2 Å². The molecular weight excluding hydrogens is 454 g/mol. The lowest BCUT2D eigenvalue weighted by Crippen LogP contribution is -2.34. The van der Waals surface area contributed by atoms with Gasteiger partial charge in [-0.1, -0.05) is 32.4 Å². The second-order valence-electron chi connectivity index (χ2n) is 7.95. The zero-order chi connectivity index (χ0) is 23.8. The number of nitrogens with one attached hydrogen (secondary N) is 2. The van der Waals surface area contributed by atoms with Crippen molar-refractivity contribution in [1.82, 2.24) is 25.1 Å². The molecule has 0 saturated heterocycles. The number of pyridine rings is 1. The van der Waals surface area contributed by atoms with Gasteiger partial charge in [0.1, 0.15) is 11.5 Å². The summed E-state index contributed by atoms with van der Waals surface area (Å²) < 4.78 is 53.2. The van der Waals surface area contributed by atoms with Crippen molar-refractivity contribution < 1.29 is 22.4 Å². The summed E-state index contributed by atoms with van der Waals surface area (Å²) in [6, 6.07) is 4.11. The minimum atomic E-state index is -4.62. The van der Waals surface area contributed by atoms with Gasteiger partial charge in [-0.2, -0.15) is 17.9 Å². The second kappa shape index (κ2) is 8.38. The van der Waals surface area contributed by atoms with Crippen LogP contribution in [0.4, 0.5) is 17.6 Å². The molecule has 0 aliphatic rings. The number of carbonyl (C=O) groups is 1. The Morgan fingerprint density at radius 2 is 1.91 bits per heavy atom. The van der Waals surface area contributed by atoms with Crippen LogP contribution in [0.15, 0.2) is 35.3 Å². The van der Waals surface area contributed by atoms with Gasteiger partial charge in [0, 0.05) is 23.1 Å². The van der Waals surface area contributed by atoms with E-state index in [2.05, 4.69) is 20.4 Å². The smallest absolute Gasteiger partial charge is 0.351 e. The van der Waals surface area contributed by atoms with Crippen molar-refractivity contribution in [2.24, 2.45) is 5.41 Å². The zero-order valence-electron chi connectivity index (χ0n) is 17.1. The van der Waals surface area contributed by atoms with Gasteiger partial charge in [0.05, 0.1) is 16.9 Å². The molecule has 3 aromatic rings. The lowest BCUT2D eigenvalue weighted by atomic mass is 9.95. The summed E-state index contributed by atoms with van der Waals surface area (Å²) in [5.74, 6) is -0.995. The van der Waals surface area contributed by atoms with Crippen LogP contribution < -0.4 is 11.0 Å². The van der Waals surface area contributed by atoms with Crippen molar-refractivity contribution in [2.75, 3.05) is 0 Å². The summed E-state index contributed by atoms with van der Waals surface area (Å²) in [5.41, 5.74) is -2.29. The van der Waals surface area contributed by atoms with Gasteiger partial charge in [-0.3, -0.25) is 9.78 Å². The first kappa shape index (κ1) is 23.5. The third-order valence-electron chi connectivity index (χ3n) is 4.41. The first-order chi connectivity index (χ1) is 14.8. The minimum Gasteiger partial charge on any atom is -0.351 e. The summed E-state index contributed by atoms with van der Waals surface area (Å²) in [6.07, 6.45) is -3.77. The van der Waals surface area contributed by atoms with Crippen LogP contribution in [0.2, 0.25) is 5.02 Å². The van der Waals surface area contributed by atoms with Gasteiger partial charge < -0.3 is 5.32 Å². The number of hydrogen-bond donors (Lipinski definition) is 2. The van der Waals surface area contributed by atoms with Gasteiger partial charge in [-0.25, -0.2) is 14.2 Å². The van der Waals surface area contributed by atoms with E-state index in [4.69, 9.17) is 11.6 Å². The molecular formula is C20H18ClF4N5O2. The quantitative estimate of drug-likeness (QED) is 0.560. The molecule has 0 aliphatic carbocycles. The van der Waals surface area contributed by atoms with Gasteiger partial charge in [0.2, 0.25) is 5.91 Å². The normalized spacial score (nSPS) is 12.1. The van der Waals surface area contributed by atoms with Crippen LogP contribution in [0, 0.1) is 11.2 Å². The van der Waals surface area contributed by atoms with Crippen molar-refractivity contribution in [3.63, 3.8) is 0 Å². The summed E-state index contributed by atoms with van der Waals surface area (Å²) in [4.78, 5) is 30.1. The Hall–Kier alpha value is -3.21. The number of alkyl halides is 3. The molecule has 1 amide bonds. The van der Waals surface area contributed by atoms with E-state index in [1.54, 1.807) is 20.8 Å². The van der Waals surface area contributed by atoms with E-state index >= 15 is 0 Å². The number of amides is 1. The minimum absolute atomic E-state index is 0.0126. The van der Waals surface area contributed by atoms with Crippen LogP contribution in [0.1, 0.15) is 32.0 Å². The summed E-state index contributed by atoms with van der Waals surface area (Å²) >= 11 is 6.11. The molecule has 0 radical (unpaired) electrons. The number of nitrogens with zero attached hydrogens (tertiary/aromatic N) is 3. The third-order valence-corrected chi connectivity index (χ3v) is 4.73. The Balaban J connectivity index is 1.94. The number of hydrogen-bond acceptors (Lipinski definition) is 4. The molecule has 12 heteroatoms. The lowest BCUT2D eigenvalue weighted by Gasteiger charge is -2.18. The van der Waals surface area contributed by atoms with Gasteiger partial charge in [0.15, 0.2) is 5.82 Å². The SMILES string of the molecule is CC(C)(C)C(=O)NCc1cc(-c2nn(-c3ccc(C(F)(F)F)nc3)c(=O)[nH]2)c(Cl)cc1F.